The first-order valence-corrected chi connectivity index (χ1v) is 12.3. The SMILES string of the molecule is CN1CCN(c2ccc(Nc3ncc4c(n3)CCCC=C4c3ccc4cnccc4c3)cn2)CC1. The van der Waals surface area contributed by atoms with Gasteiger partial charge in [-0.15, -0.1) is 0 Å². The molecule has 2 aliphatic rings. The third-order valence-corrected chi connectivity index (χ3v) is 6.91. The molecule has 1 N–H and O–H groups in total. The first kappa shape index (κ1) is 21.7. The normalized spacial score (nSPS) is 16.5. The number of likely N-dealkylation sites (N-methyl/N-ethyl adjacent to an activating group) is 1. The second-order valence-electron chi connectivity index (χ2n) is 9.32. The average molecular weight is 464 g/mol. The Morgan fingerprint density at radius 1 is 0.886 bits per heavy atom. The van der Waals surface area contributed by atoms with Crippen LogP contribution in [0.4, 0.5) is 17.5 Å². The van der Waals surface area contributed by atoms with Gasteiger partial charge in [0, 0.05) is 55.7 Å². The van der Waals surface area contributed by atoms with Crippen LogP contribution in [0.15, 0.2) is 67.3 Å². The zero-order valence-corrected chi connectivity index (χ0v) is 20.0. The van der Waals surface area contributed by atoms with E-state index in [0.717, 1.165) is 73.6 Å². The number of nitrogens with zero attached hydrogens (tertiary/aromatic N) is 6. The molecule has 0 unspecified atom stereocenters. The van der Waals surface area contributed by atoms with E-state index in [2.05, 4.69) is 79.6 Å². The molecule has 1 aliphatic heterocycles. The van der Waals surface area contributed by atoms with Crippen molar-refractivity contribution in [3.05, 3.63) is 84.1 Å². The summed E-state index contributed by atoms with van der Waals surface area (Å²) in [5.74, 6) is 1.64. The summed E-state index contributed by atoms with van der Waals surface area (Å²) in [6.45, 7) is 4.15. The van der Waals surface area contributed by atoms with Crippen molar-refractivity contribution < 1.29 is 0 Å². The van der Waals surface area contributed by atoms with Crippen molar-refractivity contribution in [2.75, 3.05) is 43.4 Å². The lowest BCUT2D eigenvalue weighted by atomic mass is 9.96. The van der Waals surface area contributed by atoms with Crippen LogP contribution in [-0.4, -0.2) is 58.1 Å². The quantitative estimate of drug-likeness (QED) is 0.471. The second kappa shape index (κ2) is 9.43. The fourth-order valence-electron chi connectivity index (χ4n) is 4.85. The van der Waals surface area contributed by atoms with E-state index in [1.165, 1.54) is 16.5 Å². The topological polar surface area (TPSA) is 70.1 Å². The van der Waals surface area contributed by atoms with Gasteiger partial charge in [0.25, 0.3) is 0 Å². The van der Waals surface area contributed by atoms with Crippen LogP contribution in [-0.2, 0) is 6.42 Å². The number of hydrogen-bond donors (Lipinski definition) is 1. The molecule has 0 atom stereocenters. The van der Waals surface area contributed by atoms with Gasteiger partial charge in [0.1, 0.15) is 5.82 Å². The standard InChI is InChI=1S/C28H29N7/c1-34-12-14-35(15-13-34)27-9-8-23(18-30-27)32-28-31-19-25-24(4-2-3-5-26(25)33-28)21-6-7-22-17-29-11-10-20(22)16-21/h4,6-11,16-19H,2-3,5,12-15H2,1H3,(H,31,32,33). The van der Waals surface area contributed by atoms with E-state index in [1.807, 2.05) is 24.8 Å². The first-order valence-electron chi connectivity index (χ1n) is 12.3. The number of rotatable bonds is 4. The Bertz CT molecular complexity index is 1370. The summed E-state index contributed by atoms with van der Waals surface area (Å²) in [6, 6.07) is 12.7. The third-order valence-electron chi connectivity index (χ3n) is 6.91. The van der Waals surface area contributed by atoms with Gasteiger partial charge in [-0.2, -0.15) is 0 Å². The lowest BCUT2D eigenvalue weighted by Crippen LogP contribution is -2.44. The van der Waals surface area contributed by atoms with Crippen molar-refractivity contribution >= 4 is 33.8 Å². The molecule has 1 saturated heterocycles. The zero-order valence-electron chi connectivity index (χ0n) is 20.0. The van der Waals surface area contributed by atoms with Crippen LogP contribution in [0, 0.1) is 0 Å². The van der Waals surface area contributed by atoms with Gasteiger partial charge in [0.05, 0.1) is 17.6 Å². The smallest absolute Gasteiger partial charge is 0.227 e. The molecule has 1 fully saturated rings. The minimum absolute atomic E-state index is 0.615. The van der Waals surface area contributed by atoms with Gasteiger partial charge in [-0.05, 0) is 67.1 Å². The van der Waals surface area contributed by atoms with Crippen molar-refractivity contribution in [1.82, 2.24) is 24.8 Å². The molecule has 4 heterocycles. The van der Waals surface area contributed by atoms with Crippen molar-refractivity contribution in [1.29, 1.82) is 0 Å². The Labute approximate surface area is 205 Å². The molecule has 0 bridgehead atoms. The zero-order chi connectivity index (χ0) is 23.6. The highest BCUT2D eigenvalue weighted by atomic mass is 15.3. The summed E-state index contributed by atoms with van der Waals surface area (Å²) >= 11 is 0. The lowest BCUT2D eigenvalue weighted by Gasteiger charge is -2.33. The largest absolute Gasteiger partial charge is 0.354 e. The number of piperazine rings is 1. The van der Waals surface area contributed by atoms with Gasteiger partial charge in [0.2, 0.25) is 5.95 Å². The van der Waals surface area contributed by atoms with E-state index in [0.29, 0.717) is 5.95 Å². The molecule has 0 spiro atoms. The molecule has 7 heteroatoms. The van der Waals surface area contributed by atoms with E-state index in [9.17, 15) is 0 Å². The third kappa shape index (κ3) is 4.59. The van der Waals surface area contributed by atoms with Crippen LogP contribution < -0.4 is 10.2 Å². The summed E-state index contributed by atoms with van der Waals surface area (Å²) in [5, 5.41) is 5.69. The van der Waals surface area contributed by atoms with E-state index >= 15 is 0 Å². The maximum atomic E-state index is 4.91. The second-order valence-corrected chi connectivity index (χ2v) is 9.32. The van der Waals surface area contributed by atoms with E-state index in [4.69, 9.17) is 4.98 Å². The van der Waals surface area contributed by atoms with Gasteiger partial charge >= 0.3 is 0 Å². The van der Waals surface area contributed by atoms with Crippen molar-refractivity contribution in [2.45, 2.75) is 19.3 Å². The van der Waals surface area contributed by atoms with Gasteiger partial charge in [-0.3, -0.25) is 4.98 Å². The van der Waals surface area contributed by atoms with Crippen LogP contribution in [0.5, 0.6) is 0 Å². The number of nitrogens with one attached hydrogen (secondary N) is 1. The fraction of sp³-hybridized carbons (Fsp3) is 0.286. The number of benzene rings is 1. The van der Waals surface area contributed by atoms with Crippen molar-refractivity contribution in [3.8, 4) is 0 Å². The van der Waals surface area contributed by atoms with Crippen LogP contribution in [0.25, 0.3) is 16.3 Å². The molecule has 3 aromatic heterocycles. The summed E-state index contributed by atoms with van der Waals surface area (Å²) in [6.07, 6.45) is 12.9. The molecule has 35 heavy (non-hydrogen) atoms. The van der Waals surface area contributed by atoms with Crippen LogP contribution in [0.3, 0.4) is 0 Å². The summed E-state index contributed by atoms with van der Waals surface area (Å²) in [4.78, 5) is 23.2. The molecular weight excluding hydrogens is 434 g/mol. The molecule has 6 rings (SSSR count). The average Bonchev–Trinajstić information content (AvgIpc) is 3.11. The van der Waals surface area contributed by atoms with Crippen molar-refractivity contribution in [3.63, 3.8) is 0 Å². The number of allylic oxidation sites excluding steroid dienone is 1. The van der Waals surface area contributed by atoms with E-state index < -0.39 is 0 Å². The van der Waals surface area contributed by atoms with E-state index in [-0.39, 0.29) is 0 Å². The Morgan fingerprint density at radius 2 is 1.80 bits per heavy atom. The highest BCUT2D eigenvalue weighted by molar-refractivity contribution is 5.89. The predicted octanol–water partition coefficient (Wildman–Crippen LogP) is 4.68. The summed E-state index contributed by atoms with van der Waals surface area (Å²) in [5.41, 5.74) is 5.50. The number of pyridine rings is 2. The fourth-order valence-corrected chi connectivity index (χ4v) is 4.85. The summed E-state index contributed by atoms with van der Waals surface area (Å²) in [7, 11) is 2.16. The molecule has 4 aromatic rings. The molecule has 1 aromatic carbocycles. The van der Waals surface area contributed by atoms with Gasteiger partial charge < -0.3 is 15.1 Å². The number of aromatic nitrogens is 4. The molecule has 0 amide bonds. The minimum atomic E-state index is 0.615. The lowest BCUT2D eigenvalue weighted by molar-refractivity contribution is 0.312. The Balaban J connectivity index is 1.23. The van der Waals surface area contributed by atoms with Crippen LogP contribution in [0.2, 0.25) is 0 Å². The number of aryl methyl sites for hydroxylation is 1. The van der Waals surface area contributed by atoms with Gasteiger partial charge in [-0.1, -0.05) is 18.2 Å². The maximum absolute atomic E-state index is 4.91. The van der Waals surface area contributed by atoms with E-state index in [1.54, 1.807) is 0 Å². The van der Waals surface area contributed by atoms with Gasteiger partial charge in [0.15, 0.2) is 0 Å². The number of hydrogen-bond acceptors (Lipinski definition) is 7. The van der Waals surface area contributed by atoms with Gasteiger partial charge in [-0.25, -0.2) is 15.0 Å². The monoisotopic (exact) mass is 463 g/mol. The molecule has 0 saturated carbocycles. The highest BCUT2D eigenvalue weighted by Crippen LogP contribution is 2.32. The maximum Gasteiger partial charge on any atom is 0.227 e. The van der Waals surface area contributed by atoms with Crippen molar-refractivity contribution in [2.24, 2.45) is 0 Å². The Kier molecular flexibility index (Phi) is 5.84. The minimum Gasteiger partial charge on any atom is -0.354 e. The molecule has 7 nitrogen and oxygen atoms in total. The number of anilines is 3. The van der Waals surface area contributed by atoms with Crippen LogP contribution >= 0.6 is 0 Å². The molecule has 1 aliphatic carbocycles. The van der Waals surface area contributed by atoms with Crippen LogP contribution in [0.1, 0.15) is 29.7 Å². The Morgan fingerprint density at radius 3 is 2.66 bits per heavy atom. The molecule has 176 valence electrons. The first-order chi connectivity index (χ1) is 17.2. The highest BCUT2D eigenvalue weighted by Gasteiger charge is 2.17. The predicted molar refractivity (Wildman–Crippen MR) is 141 cm³/mol. The molecule has 0 radical (unpaired) electrons. The number of fused-ring (bicyclic) bond motifs is 2. The summed E-state index contributed by atoms with van der Waals surface area (Å²) < 4.78 is 0. The molecular formula is C28H29N7. The Hall–Kier alpha value is -3.84.